The second-order valence-corrected chi connectivity index (χ2v) is 11.8. The Morgan fingerprint density at radius 1 is 1.36 bits per heavy atom. The average Bonchev–Trinajstić information content (AvgIpc) is 3.17. The molecule has 33 heavy (non-hydrogen) atoms. The Morgan fingerprint density at radius 2 is 1.97 bits per heavy atom. The average molecular weight is 488 g/mol. The number of nitrogens with two attached hydrogens (primary N) is 1. The van der Waals surface area contributed by atoms with Gasteiger partial charge in [-0.1, -0.05) is 0 Å². The minimum atomic E-state index is -4.64. The molecule has 1 aromatic rings. The Balaban J connectivity index is 1.72. The van der Waals surface area contributed by atoms with Gasteiger partial charge >= 0.3 is 6.18 Å². The molecular formula is C22H32F3N5O2S. The molecule has 0 amide bonds. The number of rotatable bonds is 9. The van der Waals surface area contributed by atoms with E-state index in [0.717, 1.165) is 24.6 Å². The van der Waals surface area contributed by atoms with E-state index in [0.29, 0.717) is 24.4 Å². The molecule has 7 nitrogen and oxygen atoms in total. The van der Waals surface area contributed by atoms with Crippen molar-refractivity contribution in [2.45, 2.75) is 44.9 Å². The van der Waals surface area contributed by atoms with Crippen LogP contribution in [0.25, 0.3) is 0 Å². The molecule has 11 heteroatoms. The normalized spacial score (nSPS) is 25.4. The fourth-order valence-electron chi connectivity index (χ4n) is 4.78. The molecule has 1 heterocycles. The number of sulfone groups is 1. The second kappa shape index (κ2) is 9.25. The van der Waals surface area contributed by atoms with Crippen molar-refractivity contribution in [3.05, 3.63) is 35.2 Å². The first kappa shape index (κ1) is 25.5. The van der Waals surface area contributed by atoms with Gasteiger partial charge in [-0.2, -0.15) is 13.2 Å². The third-order valence-electron chi connectivity index (χ3n) is 6.51. The Hall–Kier alpha value is -2.14. The third-order valence-corrected chi connectivity index (χ3v) is 7.43. The van der Waals surface area contributed by atoms with E-state index in [2.05, 4.69) is 15.2 Å². The number of alkyl halides is 3. The maximum Gasteiger partial charge on any atom is 0.419 e. The molecule has 4 atom stereocenters. The maximum atomic E-state index is 13.2. The molecule has 0 bridgehead atoms. The van der Waals surface area contributed by atoms with E-state index in [4.69, 9.17) is 11.1 Å². The Bertz CT molecular complexity index is 1030. The van der Waals surface area contributed by atoms with Gasteiger partial charge in [0.25, 0.3) is 0 Å². The molecule has 4 N–H and O–H groups in total. The largest absolute Gasteiger partial charge is 0.419 e. The smallest absolute Gasteiger partial charge is 0.386 e. The summed E-state index contributed by atoms with van der Waals surface area (Å²) in [5.41, 5.74) is 5.20. The van der Waals surface area contributed by atoms with Gasteiger partial charge in [-0.15, -0.1) is 0 Å². The molecule has 0 radical (unpaired) electrons. The van der Waals surface area contributed by atoms with Gasteiger partial charge in [-0.3, -0.25) is 0 Å². The van der Waals surface area contributed by atoms with Crippen LogP contribution in [0.5, 0.6) is 0 Å². The van der Waals surface area contributed by atoms with Gasteiger partial charge in [0.2, 0.25) is 0 Å². The zero-order valence-corrected chi connectivity index (χ0v) is 20.1. The lowest BCUT2D eigenvalue weighted by Gasteiger charge is -2.27. The molecule has 0 unspecified atom stereocenters. The van der Waals surface area contributed by atoms with Crippen molar-refractivity contribution in [2.24, 2.45) is 17.8 Å². The first-order chi connectivity index (χ1) is 15.2. The van der Waals surface area contributed by atoms with Crippen LogP contribution in [0, 0.1) is 23.2 Å². The highest BCUT2D eigenvalue weighted by Crippen LogP contribution is 2.61. The molecule has 3 rings (SSSR count). The number of nitrogen functional groups attached to an aromatic ring is 1. The highest BCUT2D eigenvalue weighted by Gasteiger charge is 2.58. The van der Waals surface area contributed by atoms with Crippen LogP contribution < -0.4 is 11.1 Å². The minimum Gasteiger partial charge on any atom is -0.386 e. The van der Waals surface area contributed by atoms with Gasteiger partial charge < -0.3 is 21.4 Å². The third kappa shape index (κ3) is 6.26. The molecule has 2 fully saturated rings. The number of pyridine rings is 1. The summed E-state index contributed by atoms with van der Waals surface area (Å²) in [4.78, 5) is 5.74. The van der Waals surface area contributed by atoms with E-state index in [-0.39, 0.29) is 29.0 Å². The van der Waals surface area contributed by atoms with Crippen LogP contribution in [0.15, 0.2) is 24.0 Å². The fourth-order valence-corrected chi connectivity index (χ4v) is 5.40. The molecule has 0 spiro atoms. The fraction of sp³-hybridized carbons (Fsp3) is 0.636. The number of anilines is 1. The van der Waals surface area contributed by atoms with Crippen molar-refractivity contribution in [1.29, 1.82) is 5.41 Å². The quantitative estimate of drug-likeness (QED) is 0.462. The van der Waals surface area contributed by atoms with E-state index in [9.17, 15) is 21.6 Å². The van der Waals surface area contributed by atoms with Crippen LogP contribution in [0.3, 0.4) is 0 Å². The molecule has 2 aliphatic carbocycles. The summed E-state index contributed by atoms with van der Waals surface area (Å²) in [6, 6.07) is 1.29. The number of aromatic nitrogens is 1. The monoisotopic (exact) mass is 487 g/mol. The summed E-state index contributed by atoms with van der Waals surface area (Å²) in [7, 11) is -1.07. The lowest BCUT2D eigenvalue weighted by molar-refractivity contribution is -0.137. The molecule has 0 aliphatic heterocycles. The second-order valence-electron chi connectivity index (χ2n) is 9.56. The summed E-state index contributed by atoms with van der Waals surface area (Å²) in [6.07, 6.45) is 1.27. The summed E-state index contributed by atoms with van der Waals surface area (Å²) < 4.78 is 62.5. The van der Waals surface area contributed by atoms with Crippen molar-refractivity contribution in [3.8, 4) is 0 Å². The lowest BCUT2D eigenvalue weighted by atomic mass is 10.0. The van der Waals surface area contributed by atoms with E-state index in [1.807, 2.05) is 20.9 Å². The SMILES string of the molecule is CC(C)N/C(=C\C(=N)c1cnc(N)c(C(F)(F)F)c1)[C@H]1[C@@H]2C[C@H](N(C)CCS(C)(=O)=O)C[C@@H]21. The van der Waals surface area contributed by atoms with Crippen LogP contribution in [-0.4, -0.2) is 61.7 Å². The molecule has 184 valence electrons. The molecule has 0 saturated heterocycles. The van der Waals surface area contributed by atoms with Gasteiger partial charge in [0.1, 0.15) is 15.7 Å². The summed E-state index contributed by atoms with van der Waals surface area (Å²) in [5.74, 6) is 0.570. The van der Waals surface area contributed by atoms with Crippen molar-refractivity contribution < 1.29 is 21.6 Å². The first-order valence-corrected chi connectivity index (χ1v) is 13.0. The number of hydrogen-bond acceptors (Lipinski definition) is 7. The number of nitrogens with one attached hydrogen (secondary N) is 2. The Kier molecular flexibility index (Phi) is 7.14. The first-order valence-electron chi connectivity index (χ1n) is 10.9. The van der Waals surface area contributed by atoms with E-state index < -0.39 is 27.4 Å². The highest BCUT2D eigenvalue weighted by atomic mass is 32.2. The van der Waals surface area contributed by atoms with Gasteiger partial charge in [0.15, 0.2) is 0 Å². The van der Waals surface area contributed by atoms with Gasteiger partial charge in [0.05, 0.1) is 17.0 Å². The lowest BCUT2D eigenvalue weighted by Crippen LogP contribution is -2.35. The summed E-state index contributed by atoms with van der Waals surface area (Å²) >= 11 is 0. The maximum absolute atomic E-state index is 13.2. The number of hydrogen-bond donors (Lipinski definition) is 3. The van der Waals surface area contributed by atoms with Gasteiger partial charge in [-0.05, 0) is 57.7 Å². The predicted molar refractivity (Wildman–Crippen MR) is 123 cm³/mol. The molecule has 0 aromatic carbocycles. The number of nitrogens with zero attached hydrogens (tertiary/aromatic N) is 2. The van der Waals surface area contributed by atoms with Crippen LogP contribution in [0.2, 0.25) is 0 Å². The highest BCUT2D eigenvalue weighted by molar-refractivity contribution is 7.90. The predicted octanol–water partition coefficient (Wildman–Crippen LogP) is 2.93. The molecule has 1 aromatic heterocycles. The molecular weight excluding hydrogens is 455 g/mol. The van der Waals surface area contributed by atoms with E-state index in [1.54, 1.807) is 6.08 Å². The van der Waals surface area contributed by atoms with Crippen molar-refractivity contribution in [1.82, 2.24) is 15.2 Å². The Labute approximate surface area is 193 Å². The van der Waals surface area contributed by atoms with Crippen molar-refractivity contribution >= 4 is 21.4 Å². The standard InChI is InChI=1S/C22H32F3N5O2S/c1-12(2)29-19(10-18(26)13-7-17(22(23,24)25)21(27)28-11-13)20-15-8-14(9-16(15)20)30(3)5-6-33(4,31)32/h7,10-12,14-16,20,26,29H,5-6,8-9H2,1-4H3,(H2,27,28)/b19-10-,26-18?/t14-,15+,16-,20-. The van der Waals surface area contributed by atoms with Crippen LogP contribution in [0.1, 0.15) is 37.8 Å². The number of allylic oxidation sites excluding steroid dienone is 2. The van der Waals surface area contributed by atoms with Crippen LogP contribution in [-0.2, 0) is 16.0 Å². The van der Waals surface area contributed by atoms with Gasteiger partial charge in [0, 0.05) is 48.3 Å². The minimum absolute atomic E-state index is 0.0528. The molecule has 2 saturated carbocycles. The van der Waals surface area contributed by atoms with Crippen molar-refractivity contribution in [2.75, 3.05) is 31.3 Å². The van der Waals surface area contributed by atoms with Crippen LogP contribution in [0.4, 0.5) is 19.0 Å². The van der Waals surface area contributed by atoms with Crippen LogP contribution >= 0.6 is 0 Å². The zero-order chi connectivity index (χ0) is 24.7. The molecule has 2 aliphatic rings. The zero-order valence-electron chi connectivity index (χ0n) is 19.3. The van der Waals surface area contributed by atoms with E-state index in [1.165, 1.54) is 12.5 Å². The summed E-state index contributed by atoms with van der Waals surface area (Å²) in [5, 5.41) is 11.8. The van der Waals surface area contributed by atoms with Crippen molar-refractivity contribution in [3.63, 3.8) is 0 Å². The summed E-state index contributed by atoms with van der Waals surface area (Å²) in [6.45, 7) is 4.45. The van der Waals surface area contributed by atoms with E-state index >= 15 is 0 Å². The number of halogens is 3. The van der Waals surface area contributed by atoms with Gasteiger partial charge in [-0.25, -0.2) is 13.4 Å². The Morgan fingerprint density at radius 3 is 2.48 bits per heavy atom. The topological polar surface area (TPSA) is 112 Å². The number of fused-ring (bicyclic) bond motifs is 1.